The van der Waals surface area contributed by atoms with Gasteiger partial charge in [-0.15, -0.1) is 10.2 Å². The van der Waals surface area contributed by atoms with Crippen LogP contribution in [0.15, 0.2) is 42.6 Å². The van der Waals surface area contributed by atoms with E-state index in [0.29, 0.717) is 11.9 Å². The van der Waals surface area contributed by atoms with Gasteiger partial charge in [0.2, 0.25) is 5.82 Å². The summed E-state index contributed by atoms with van der Waals surface area (Å²) in [7, 11) is 0. The smallest absolute Gasteiger partial charge is 0.205 e. The molecule has 1 aliphatic rings. The zero-order valence-electron chi connectivity index (χ0n) is 17.0. The summed E-state index contributed by atoms with van der Waals surface area (Å²) in [5.41, 5.74) is 8.65. The molecule has 0 amide bonds. The van der Waals surface area contributed by atoms with Crippen molar-refractivity contribution in [3.8, 4) is 22.5 Å². The van der Waals surface area contributed by atoms with Crippen LogP contribution in [-0.4, -0.2) is 30.2 Å². The highest BCUT2D eigenvalue weighted by Crippen LogP contribution is 2.41. The van der Waals surface area contributed by atoms with Crippen molar-refractivity contribution in [1.82, 2.24) is 30.2 Å². The molecule has 1 N–H and O–H groups in total. The van der Waals surface area contributed by atoms with Crippen LogP contribution in [0.2, 0.25) is 0 Å². The molecular formula is C23H24N6. The van der Waals surface area contributed by atoms with Crippen LogP contribution in [0, 0.1) is 13.8 Å². The lowest BCUT2D eigenvalue weighted by atomic mass is 9.92. The quantitative estimate of drug-likeness (QED) is 0.564. The van der Waals surface area contributed by atoms with E-state index < -0.39 is 0 Å². The monoisotopic (exact) mass is 384 g/mol. The van der Waals surface area contributed by atoms with E-state index in [4.69, 9.17) is 4.98 Å². The normalized spacial score (nSPS) is 15.6. The van der Waals surface area contributed by atoms with Gasteiger partial charge in [0.05, 0.1) is 11.7 Å². The van der Waals surface area contributed by atoms with E-state index >= 15 is 0 Å². The Kier molecular flexibility index (Phi) is 4.27. The summed E-state index contributed by atoms with van der Waals surface area (Å²) in [5.74, 6) is 1.80. The van der Waals surface area contributed by atoms with Gasteiger partial charge < -0.3 is 4.57 Å². The first-order valence-corrected chi connectivity index (χ1v) is 10.2. The molecule has 0 spiro atoms. The van der Waals surface area contributed by atoms with Gasteiger partial charge in [-0.2, -0.15) is 5.21 Å². The minimum Gasteiger partial charge on any atom is -0.327 e. The number of imidazole rings is 1. The summed E-state index contributed by atoms with van der Waals surface area (Å²) in [5, 5.41) is 14.6. The second-order valence-corrected chi connectivity index (χ2v) is 7.76. The summed E-state index contributed by atoms with van der Waals surface area (Å²) in [6.45, 7) is 6.49. The molecule has 0 aliphatic heterocycles. The number of benzene rings is 2. The fourth-order valence-corrected chi connectivity index (χ4v) is 4.73. The van der Waals surface area contributed by atoms with Crippen LogP contribution in [0.25, 0.3) is 22.5 Å². The predicted molar refractivity (Wildman–Crippen MR) is 113 cm³/mol. The molecule has 4 aromatic rings. The van der Waals surface area contributed by atoms with Crippen molar-refractivity contribution in [3.05, 3.63) is 70.8 Å². The zero-order valence-corrected chi connectivity index (χ0v) is 17.0. The minimum atomic E-state index is 0.377. The fourth-order valence-electron chi connectivity index (χ4n) is 4.73. The molecule has 0 fully saturated rings. The Labute approximate surface area is 170 Å². The maximum atomic E-state index is 4.72. The molecule has 2 heterocycles. The lowest BCUT2D eigenvalue weighted by molar-refractivity contribution is 0.554. The number of H-pyrrole nitrogens is 1. The van der Waals surface area contributed by atoms with Crippen molar-refractivity contribution in [1.29, 1.82) is 0 Å². The van der Waals surface area contributed by atoms with Crippen molar-refractivity contribution in [2.75, 3.05) is 0 Å². The van der Waals surface area contributed by atoms with Crippen molar-refractivity contribution in [3.63, 3.8) is 0 Å². The van der Waals surface area contributed by atoms with Gasteiger partial charge in [-0.1, -0.05) is 43.3 Å². The summed E-state index contributed by atoms with van der Waals surface area (Å²) < 4.78 is 2.39. The highest BCUT2D eigenvalue weighted by Gasteiger charge is 2.28. The zero-order chi connectivity index (χ0) is 20.0. The van der Waals surface area contributed by atoms with Crippen LogP contribution >= 0.6 is 0 Å². The Morgan fingerprint density at radius 1 is 1.14 bits per heavy atom. The predicted octanol–water partition coefficient (Wildman–Crippen LogP) is 4.45. The van der Waals surface area contributed by atoms with Crippen LogP contribution in [0.5, 0.6) is 0 Å². The van der Waals surface area contributed by atoms with Crippen LogP contribution in [0.4, 0.5) is 0 Å². The number of hydrogen-bond acceptors (Lipinski definition) is 4. The molecule has 0 radical (unpaired) electrons. The number of fused-ring (bicyclic) bond motifs is 1. The SMILES string of the molecule is CCc1nc(C)cn1[C@H]1CCc2cc(-c3ccccc3-c3nn[nH]n3)cc(C)c21. The topological polar surface area (TPSA) is 72.3 Å². The lowest BCUT2D eigenvalue weighted by Gasteiger charge is -2.19. The Bertz CT molecular complexity index is 1170. The lowest BCUT2D eigenvalue weighted by Crippen LogP contribution is -2.11. The maximum Gasteiger partial charge on any atom is 0.205 e. The molecule has 1 aliphatic carbocycles. The van der Waals surface area contributed by atoms with Gasteiger partial charge in [0.15, 0.2) is 0 Å². The maximum absolute atomic E-state index is 4.72. The molecule has 6 nitrogen and oxygen atoms in total. The number of hydrogen-bond donors (Lipinski definition) is 1. The first-order chi connectivity index (χ1) is 14.2. The third-order valence-electron chi connectivity index (χ3n) is 5.90. The molecule has 0 saturated carbocycles. The average Bonchev–Trinajstić information content (AvgIpc) is 3.47. The van der Waals surface area contributed by atoms with E-state index in [0.717, 1.165) is 36.1 Å². The van der Waals surface area contributed by atoms with Crippen molar-refractivity contribution in [2.24, 2.45) is 0 Å². The molecule has 1 atom stereocenters. The second kappa shape index (κ2) is 6.95. The first kappa shape index (κ1) is 17.8. The van der Waals surface area contributed by atoms with Gasteiger partial charge >= 0.3 is 0 Å². The third-order valence-corrected chi connectivity index (χ3v) is 5.90. The van der Waals surface area contributed by atoms with E-state index in [1.807, 2.05) is 12.1 Å². The fraction of sp³-hybridized carbons (Fsp3) is 0.304. The molecule has 29 heavy (non-hydrogen) atoms. The average molecular weight is 384 g/mol. The van der Waals surface area contributed by atoms with E-state index in [1.54, 1.807) is 0 Å². The molecule has 6 heteroatoms. The van der Waals surface area contributed by atoms with Crippen molar-refractivity contribution >= 4 is 0 Å². The number of aromatic amines is 1. The summed E-state index contributed by atoms with van der Waals surface area (Å²) >= 11 is 0. The van der Waals surface area contributed by atoms with Crippen LogP contribution in [0.3, 0.4) is 0 Å². The van der Waals surface area contributed by atoms with Gasteiger partial charge in [-0.05, 0) is 59.7 Å². The van der Waals surface area contributed by atoms with E-state index in [-0.39, 0.29) is 0 Å². The molecular weight excluding hydrogens is 360 g/mol. The number of rotatable bonds is 4. The molecule has 0 bridgehead atoms. The largest absolute Gasteiger partial charge is 0.327 e. The Morgan fingerprint density at radius 2 is 1.97 bits per heavy atom. The molecule has 0 saturated heterocycles. The van der Waals surface area contributed by atoms with Crippen LogP contribution in [-0.2, 0) is 12.8 Å². The summed E-state index contributed by atoms with van der Waals surface area (Å²) in [6, 6.07) is 13.3. The second-order valence-electron chi connectivity index (χ2n) is 7.76. The van der Waals surface area contributed by atoms with Crippen molar-refractivity contribution < 1.29 is 0 Å². The van der Waals surface area contributed by atoms with Gasteiger partial charge in [0.1, 0.15) is 5.82 Å². The molecule has 2 aromatic carbocycles. The standard InChI is InChI=1S/C23H24N6/c1-4-21-24-15(3)13-29(21)20-10-9-16-12-17(11-14(2)22(16)20)18-7-5-6-8-19(18)23-25-27-28-26-23/h5-8,11-13,20H,4,9-10H2,1-3H3,(H,25,26,27,28)/t20-/m0/s1. The minimum absolute atomic E-state index is 0.377. The molecule has 2 aromatic heterocycles. The van der Waals surface area contributed by atoms with E-state index in [2.05, 4.69) is 76.4 Å². The number of aromatic nitrogens is 6. The van der Waals surface area contributed by atoms with Gasteiger partial charge in [-0.25, -0.2) is 4.98 Å². The van der Waals surface area contributed by atoms with E-state index in [1.165, 1.54) is 28.1 Å². The number of nitrogens with one attached hydrogen (secondary N) is 1. The van der Waals surface area contributed by atoms with Crippen LogP contribution < -0.4 is 0 Å². The number of aryl methyl sites for hydroxylation is 4. The highest BCUT2D eigenvalue weighted by molar-refractivity contribution is 5.81. The first-order valence-electron chi connectivity index (χ1n) is 10.2. The van der Waals surface area contributed by atoms with Crippen molar-refractivity contribution in [2.45, 2.75) is 46.1 Å². The van der Waals surface area contributed by atoms with Crippen LogP contribution in [0.1, 0.15) is 47.6 Å². The molecule has 146 valence electrons. The third kappa shape index (κ3) is 2.95. The van der Waals surface area contributed by atoms with E-state index in [9.17, 15) is 0 Å². The van der Waals surface area contributed by atoms with Gasteiger partial charge in [0, 0.05) is 18.2 Å². The highest BCUT2D eigenvalue weighted by atomic mass is 15.5. The Balaban J connectivity index is 1.61. The van der Waals surface area contributed by atoms with Gasteiger partial charge in [0.25, 0.3) is 0 Å². The number of nitrogens with zero attached hydrogens (tertiary/aromatic N) is 5. The summed E-state index contributed by atoms with van der Waals surface area (Å²) in [6.07, 6.45) is 5.36. The Hall–Kier alpha value is -3.28. The van der Waals surface area contributed by atoms with Gasteiger partial charge in [-0.3, -0.25) is 0 Å². The number of tetrazole rings is 1. The molecule has 0 unspecified atom stereocenters. The Morgan fingerprint density at radius 3 is 2.72 bits per heavy atom. The summed E-state index contributed by atoms with van der Waals surface area (Å²) in [4.78, 5) is 4.72. The molecule has 5 rings (SSSR count).